The number of benzene rings is 2. The fourth-order valence-corrected chi connectivity index (χ4v) is 3.45. The highest BCUT2D eigenvalue weighted by molar-refractivity contribution is 5.87. The Morgan fingerprint density at radius 3 is 2.45 bits per heavy atom. The molecule has 3 heterocycles. The van der Waals surface area contributed by atoms with Gasteiger partial charge in [-0.2, -0.15) is 5.10 Å². The Morgan fingerprint density at radius 1 is 0.793 bits per heavy atom. The highest BCUT2D eigenvalue weighted by Crippen LogP contribution is 2.22. The SMILES string of the molecule is Nc1ncnc2c1ccn2-c1ccc(Cn2ncnc2Cc2ccccc2)cc1. The molecule has 2 N–H and O–H groups in total. The summed E-state index contributed by atoms with van der Waals surface area (Å²) in [6.45, 7) is 0.671. The summed E-state index contributed by atoms with van der Waals surface area (Å²) >= 11 is 0. The molecular weight excluding hydrogens is 362 g/mol. The molecule has 7 nitrogen and oxygen atoms in total. The van der Waals surface area contributed by atoms with Crippen LogP contribution in [-0.2, 0) is 13.0 Å². The average molecular weight is 381 g/mol. The van der Waals surface area contributed by atoms with Gasteiger partial charge >= 0.3 is 0 Å². The second-order valence-electron chi connectivity index (χ2n) is 6.84. The minimum atomic E-state index is 0.488. The van der Waals surface area contributed by atoms with Crippen molar-refractivity contribution >= 4 is 16.9 Å². The second-order valence-corrected chi connectivity index (χ2v) is 6.84. The van der Waals surface area contributed by atoms with Crippen LogP contribution in [0.4, 0.5) is 5.82 Å². The van der Waals surface area contributed by atoms with Crippen LogP contribution in [0.25, 0.3) is 16.7 Å². The van der Waals surface area contributed by atoms with Gasteiger partial charge in [0.2, 0.25) is 0 Å². The fraction of sp³-hybridized carbons (Fsp3) is 0.0909. The largest absolute Gasteiger partial charge is 0.383 e. The Balaban J connectivity index is 1.38. The molecule has 29 heavy (non-hydrogen) atoms. The summed E-state index contributed by atoms with van der Waals surface area (Å²) in [5.74, 6) is 1.44. The number of hydrogen-bond donors (Lipinski definition) is 1. The molecule has 0 aliphatic heterocycles. The number of nitrogens with zero attached hydrogens (tertiary/aromatic N) is 6. The van der Waals surface area contributed by atoms with Crippen molar-refractivity contribution in [3.8, 4) is 5.69 Å². The van der Waals surface area contributed by atoms with E-state index in [2.05, 4.69) is 56.4 Å². The number of hydrogen-bond acceptors (Lipinski definition) is 5. The molecule has 0 radical (unpaired) electrons. The van der Waals surface area contributed by atoms with Gasteiger partial charge in [-0.25, -0.2) is 19.6 Å². The molecule has 0 bridgehead atoms. The number of fused-ring (bicyclic) bond motifs is 1. The Bertz CT molecular complexity index is 1250. The van der Waals surface area contributed by atoms with Crippen LogP contribution in [0.2, 0.25) is 0 Å². The van der Waals surface area contributed by atoms with Crippen molar-refractivity contribution in [1.29, 1.82) is 0 Å². The Kier molecular flexibility index (Phi) is 4.25. The lowest BCUT2D eigenvalue weighted by Gasteiger charge is -2.09. The van der Waals surface area contributed by atoms with E-state index in [1.807, 2.05) is 39.7 Å². The minimum Gasteiger partial charge on any atom is -0.383 e. The molecule has 0 spiro atoms. The van der Waals surface area contributed by atoms with E-state index in [0.29, 0.717) is 12.4 Å². The maximum Gasteiger partial charge on any atom is 0.150 e. The average Bonchev–Trinajstić information content (AvgIpc) is 3.37. The molecule has 0 amide bonds. The van der Waals surface area contributed by atoms with Crippen LogP contribution in [0.15, 0.2) is 79.5 Å². The summed E-state index contributed by atoms with van der Waals surface area (Å²) in [7, 11) is 0. The van der Waals surface area contributed by atoms with E-state index < -0.39 is 0 Å². The lowest BCUT2D eigenvalue weighted by molar-refractivity contribution is 0.648. The summed E-state index contributed by atoms with van der Waals surface area (Å²) in [6.07, 6.45) is 5.82. The molecule has 7 heteroatoms. The zero-order valence-electron chi connectivity index (χ0n) is 15.7. The van der Waals surface area contributed by atoms with Gasteiger partial charge < -0.3 is 10.3 Å². The van der Waals surface area contributed by atoms with E-state index in [1.54, 1.807) is 6.33 Å². The molecule has 142 valence electrons. The number of aromatic nitrogens is 6. The highest BCUT2D eigenvalue weighted by atomic mass is 15.3. The molecule has 0 unspecified atom stereocenters. The van der Waals surface area contributed by atoms with Gasteiger partial charge in [-0.3, -0.25) is 0 Å². The molecular formula is C22H19N7. The molecule has 0 aliphatic rings. The van der Waals surface area contributed by atoms with Gasteiger partial charge in [0.1, 0.15) is 29.9 Å². The van der Waals surface area contributed by atoms with Gasteiger partial charge in [-0.15, -0.1) is 0 Å². The van der Waals surface area contributed by atoms with Gasteiger partial charge in [-0.05, 0) is 29.3 Å². The third kappa shape index (κ3) is 3.34. The molecule has 3 aromatic heterocycles. The minimum absolute atomic E-state index is 0.488. The van der Waals surface area contributed by atoms with Gasteiger partial charge in [0.05, 0.1) is 11.9 Å². The predicted octanol–water partition coefficient (Wildman–Crippen LogP) is 3.23. The first-order valence-electron chi connectivity index (χ1n) is 9.35. The van der Waals surface area contributed by atoms with E-state index in [1.165, 1.54) is 11.9 Å². The van der Waals surface area contributed by atoms with Gasteiger partial charge in [-0.1, -0.05) is 42.5 Å². The molecule has 0 saturated carbocycles. The van der Waals surface area contributed by atoms with E-state index in [-0.39, 0.29) is 0 Å². The molecule has 5 rings (SSSR count). The van der Waals surface area contributed by atoms with Crippen molar-refractivity contribution in [2.45, 2.75) is 13.0 Å². The van der Waals surface area contributed by atoms with E-state index in [9.17, 15) is 0 Å². The molecule has 2 aromatic carbocycles. The standard InChI is InChI=1S/C22H19N7/c23-21-19-10-11-28(22(19)26-14-25-21)18-8-6-17(7-9-18)13-29-20(24-15-27-29)12-16-4-2-1-3-5-16/h1-11,14-15H,12-13H2,(H2,23,25,26). The maximum absolute atomic E-state index is 5.94. The zero-order valence-corrected chi connectivity index (χ0v) is 15.7. The fourth-order valence-electron chi connectivity index (χ4n) is 3.45. The summed E-state index contributed by atoms with van der Waals surface area (Å²) in [5, 5.41) is 5.25. The maximum atomic E-state index is 5.94. The van der Waals surface area contributed by atoms with Crippen molar-refractivity contribution in [3.05, 3.63) is 96.5 Å². The monoisotopic (exact) mass is 381 g/mol. The number of nitrogens with two attached hydrogens (primary N) is 1. The van der Waals surface area contributed by atoms with Crippen LogP contribution in [0.5, 0.6) is 0 Å². The topological polar surface area (TPSA) is 87.4 Å². The van der Waals surface area contributed by atoms with Gasteiger partial charge in [0, 0.05) is 18.3 Å². The smallest absolute Gasteiger partial charge is 0.150 e. The first-order valence-corrected chi connectivity index (χ1v) is 9.35. The zero-order chi connectivity index (χ0) is 19.6. The van der Waals surface area contributed by atoms with Crippen molar-refractivity contribution in [2.24, 2.45) is 0 Å². The van der Waals surface area contributed by atoms with E-state index in [4.69, 9.17) is 5.73 Å². The van der Waals surface area contributed by atoms with Crippen molar-refractivity contribution in [3.63, 3.8) is 0 Å². The van der Waals surface area contributed by atoms with Crippen LogP contribution < -0.4 is 5.73 Å². The third-order valence-electron chi connectivity index (χ3n) is 4.96. The lowest BCUT2D eigenvalue weighted by atomic mass is 10.1. The number of nitrogen functional groups attached to an aromatic ring is 1. The van der Waals surface area contributed by atoms with Crippen molar-refractivity contribution in [1.82, 2.24) is 29.3 Å². The van der Waals surface area contributed by atoms with Gasteiger partial charge in [0.25, 0.3) is 0 Å². The summed E-state index contributed by atoms with van der Waals surface area (Å²) in [4.78, 5) is 12.8. The second kappa shape index (κ2) is 7.20. The van der Waals surface area contributed by atoms with Gasteiger partial charge in [0.15, 0.2) is 0 Å². The van der Waals surface area contributed by atoms with Crippen LogP contribution in [0.1, 0.15) is 17.0 Å². The first kappa shape index (κ1) is 17.1. The van der Waals surface area contributed by atoms with Crippen LogP contribution in [0.3, 0.4) is 0 Å². The summed E-state index contributed by atoms with van der Waals surface area (Å²) in [6, 6.07) is 20.6. The van der Waals surface area contributed by atoms with E-state index >= 15 is 0 Å². The molecule has 0 fully saturated rings. The Labute approximate surface area is 167 Å². The Hall–Kier alpha value is -4.00. The van der Waals surface area contributed by atoms with Crippen LogP contribution in [-0.4, -0.2) is 29.3 Å². The normalized spacial score (nSPS) is 11.2. The van der Waals surface area contributed by atoms with Crippen LogP contribution >= 0.6 is 0 Å². The van der Waals surface area contributed by atoms with Crippen LogP contribution in [0, 0.1) is 0 Å². The van der Waals surface area contributed by atoms with Crippen molar-refractivity contribution < 1.29 is 0 Å². The first-order chi connectivity index (χ1) is 14.3. The lowest BCUT2D eigenvalue weighted by Crippen LogP contribution is -2.08. The molecule has 0 saturated heterocycles. The summed E-state index contributed by atoms with van der Waals surface area (Å²) in [5.41, 5.74) is 10.1. The third-order valence-corrected chi connectivity index (χ3v) is 4.96. The molecule has 0 aliphatic carbocycles. The quantitative estimate of drug-likeness (QED) is 0.505. The van der Waals surface area contributed by atoms with E-state index in [0.717, 1.165) is 34.5 Å². The number of anilines is 1. The van der Waals surface area contributed by atoms with Crippen molar-refractivity contribution in [2.75, 3.05) is 5.73 Å². The summed E-state index contributed by atoms with van der Waals surface area (Å²) < 4.78 is 3.95. The molecule has 0 atom stereocenters. The molecule has 5 aromatic rings. The predicted molar refractivity (Wildman–Crippen MR) is 112 cm³/mol. The number of rotatable bonds is 5. The highest BCUT2D eigenvalue weighted by Gasteiger charge is 2.09. The Morgan fingerprint density at radius 2 is 1.62 bits per heavy atom.